The number of nitrogen functional groups attached to an aromatic ring is 1. The van der Waals surface area contributed by atoms with E-state index in [1.165, 1.54) is 0 Å². The Morgan fingerprint density at radius 3 is 2.63 bits per heavy atom. The maximum atomic E-state index is 11.6. The predicted octanol–water partition coefficient (Wildman–Crippen LogP) is 3.40. The highest BCUT2D eigenvalue weighted by Gasteiger charge is 2.16. The van der Waals surface area contributed by atoms with Gasteiger partial charge in [-0.05, 0) is 39.3 Å². The van der Waals surface area contributed by atoms with Crippen LogP contribution < -0.4 is 15.8 Å². The quantitative estimate of drug-likeness (QED) is 0.819. The van der Waals surface area contributed by atoms with Gasteiger partial charge < -0.3 is 15.2 Å². The van der Waals surface area contributed by atoms with E-state index >= 15 is 0 Å². The van der Waals surface area contributed by atoms with Gasteiger partial charge in [0.2, 0.25) is 0 Å². The fraction of sp³-hybridized carbons (Fsp3) is 0.500. The van der Waals surface area contributed by atoms with Crippen LogP contribution in [0.2, 0.25) is 0 Å². The first kappa shape index (κ1) is 15.1. The van der Waals surface area contributed by atoms with Crippen LogP contribution in [-0.4, -0.2) is 18.3 Å². The number of nitrogens with one attached hydrogen (secondary N) is 1. The van der Waals surface area contributed by atoms with Crippen LogP contribution in [0.5, 0.6) is 5.75 Å². The standard InChI is InChI=1S/C14H22N2O3/c1-5-8-18-12-9-10(6-7-11(12)15)16-13(17)19-14(2,3)4/h6-7,9H,5,8,15H2,1-4H3,(H,16,17). The molecular formula is C14H22N2O3. The predicted molar refractivity (Wildman–Crippen MR) is 76.5 cm³/mol. The summed E-state index contributed by atoms with van der Waals surface area (Å²) in [5.41, 5.74) is 6.40. The molecule has 0 aromatic heterocycles. The van der Waals surface area contributed by atoms with Crippen molar-refractivity contribution in [2.75, 3.05) is 17.7 Å². The number of hydrogen-bond donors (Lipinski definition) is 2. The normalized spacial score (nSPS) is 10.9. The third-order valence-corrected chi connectivity index (χ3v) is 2.12. The Balaban J connectivity index is 2.71. The van der Waals surface area contributed by atoms with Crippen molar-refractivity contribution >= 4 is 17.5 Å². The summed E-state index contributed by atoms with van der Waals surface area (Å²) in [6.07, 6.45) is 0.391. The van der Waals surface area contributed by atoms with Gasteiger partial charge in [0.1, 0.15) is 11.4 Å². The monoisotopic (exact) mass is 266 g/mol. The highest BCUT2D eigenvalue weighted by Crippen LogP contribution is 2.26. The molecule has 0 heterocycles. The molecule has 1 aromatic carbocycles. The average Bonchev–Trinajstić information content (AvgIpc) is 2.27. The molecule has 1 aromatic rings. The lowest BCUT2D eigenvalue weighted by Gasteiger charge is -2.20. The van der Waals surface area contributed by atoms with Gasteiger partial charge in [0.05, 0.1) is 12.3 Å². The van der Waals surface area contributed by atoms with E-state index in [1.807, 2.05) is 27.7 Å². The minimum Gasteiger partial charge on any atom is -0.491 e. The van der Waals surface area contributed by atoms with E-state index in [4.69, 9.17) is 15.2 Å². The highest BCUT2D eigenvalue weighted by atomic mass is 16.6. The summed E-state index contributed by atoms with van der Waals surface area (Å²) in [4.78, 5) is 11.6. The van der Waals surface area contributed by atoms with Gasteiger partial charge in [-0.1, -0.05) is 6.92 Å². The number of carbonyl (C=O) groups excluding carboxylic acids is 1. The molecule has 0 spiro atoms. The molecular weight excluding hydrogens is 244 g/mol. The summed E-state index contributed by atoms with van der Waals surface area (Å²) < 4.78 is 10.7. The number of nitrogens with two attached hydrogens (primary N) is 1. The Morgan fingerprint density at radius 2 is 2.05 bits per heavy atom. The van der Waals surface area contributed by atoms with E-state index < -0.39 is 11.7 Å². The minimum atomic E-state index is -0.528. The third-order valence-electron chi connectivity index (χ3n) is 2.12. The molecule has 0 saturated carbocycles. The van der Waals surface area contributed by atoms with Crippen molar-refractivity contribution in [3.8, 4) is 5.75 Å². The van der Waals surface area contributed by atoms with Crippen LogP contribution in [0, 0.1) is 0 Å². The summed E-state index contributed by atoms with van der Waals surface area (Å²) in [7, 11) is 0. The highest BCUT2D eigenvalue weighted by molar-refractivity contribution is 5.85. The van der Waals surface area contributed by atoms with E-state index in [0.717, 1.165) is 6.42 Å². The van der Waals surface area contributed by atoms with Crippen molar-refractivity contribution in [1.29, 1.82) is 0 Å². The average molecular weight is 266 g/mol. The van der Waals surface area contributed by atoms with Gasteiger partial charge in [0.25, 0.3) is 0 Å². The van der Waals surface area contributed by atoms with Crippen LogP contribution in [0.1, 0.15) is 34.1 Å². The van der Waals surface area contributed by atoms with Gasteiger partial charge in [0, 0.05) is 11.8 Å². The maximum Gasteiger partial charge on any atom is 0.412 e. The lowest BCUT2D eigenvalue weighted by Crippen LogP contribution is -2.27. The Morgan fingerprint density at radius 1 is 1.37 bits per heavy atom. The Labute approximate surface area is 114 Å². The Hall–Kier alpha value is -1.91. The summed E-state index contributed by atoms with van der Waals surface area (Å²) in [6.45, 7) is 8.03. The first-order valence-corrected chi connectivity index (χ1v) is 6.34. The fourth-order valence-electron chi connectivity index (χ4n) is 1.37. The first-order chi connectivity index (χ1) is 8.81. The molecule has 3 N–H and O–H groups in total. The Kier molecular flexibility index (Phi) is 5.03. The van der Waals surface area contributed by atoms with E-state index in [2.05, 4.69) is 5.32 Å². The first-order valence-electron chi connectivity index (χ1n) is 6.34. The van der Waals surface area contributed by atoms with Gasteiger partial charge in [-0.25, -0.2) is 4.79 Å². The zero-order valence-corrected chi connectivity index (χ0v) is 11.9. The lowest BCUT2D eigenvalue weighted by molar-refractivity contribution is 0.0636. The van der Waals surface area contributed by atoms with E-state index in [1.54, 1.807) is 18.2 Å². The summed E-state index contributed by atoms with van der Waals surface area (Å²) >= 11 is 0. The van der Waals surface area contributed by atoms with Crippen molar-refractivity contribution in [2.45, 2.75) is 39.7 Å². The maximum absolute atomic E-state index is 11.6. The molecule has 0 aliphatic rings. The lowest BCUT2D eigenvalue weighted by atomic mass is 10.2. The molecule has 0 unspecified atom stereocenters. The molecule has 5 nitrogen and oxygen atoms in total. The van der Waals surface area contributed by atoms with Gasteiger partial charge in [-0.15, -0.1) is 0 Å². The Bertz CT molecular complexity index is 439. The molecule has 0 bridgehead atoms. The van der Waals surface area contributed by atoms with Crippen molar-refractivity contribution in [3.05, 3.63) is 18.2 Å². The SMILES string of the molecule is CCCOc1cc(NC(=O)OC(C)(C)C)ccc1N. The number of amides is 1. The van der Waals surface area contributed by atoms with Crippen LogP contribution >= 0.6 is 0 Å². The van der Waals surface area contributed by atoms with Gasteiger partial charge >= 0.3 is 6.09 Å². The van der Waals surface area contributed by atoms with Crippen molar-refractivity contribution in [1.82, 2.24) is 0 Å². The summed E-state index contributed by atoms with van der Waals surface area (Å²) in [5, 5.41) is 2.65. The second-order valence-electron chi connectivity index (χ2n) is 5.23. The second kappa shape index (κ2) is 6.31. The topological polar surface area (TPSA) is 73.6 Å². The zero-order chi connectivity index (χ0) is 14.5. The minimum absolute atomic E-state index is 0.501. The largest absolute Gasteiger partial charge is 0.491 e. The van der Waals surface area contributed by atoms with Crippen LogP contribution in [-0.2, 0) is 4.74 Å². The molecule has 19 heavy (non-hydrogen) atoms. The van der Waals surface area contributed by atoms with E-state index in [0.29, 0.717) is 23.7 Å². The molecule has 0 saturated heterocycles. The fourth-order valence-corrected chi connectivity index (χ4v) is 1.37. The van der Waals surface area contributed by atoms with E-state index in [-0.39, 0.29) is 0 Å². The van der Waals surface area contributed by atoms with Crippen molar-refractivity contribution in [3.63, 3.8) is 0 Å². The molecule has 0 aliphatic carbocycles. The van der Waals surface area contributed by atoms with Crippen molar-refractivity contribution in [2.24, 2.45) is 0 Å². The number of anilines is 2. The van der Waals surface area contributed by atoms with Crippen LogP contribution in [0.15, 0.2) is 18.2 Å². The van der Waals surface area contributed by atoms with Gasteiger partial charge in [-0.2, -0.15) is 0 Å². The van der Waals surface area contributed by atoms with Gasteiger partial charge in [0.15, 0.2) is 0 Å². The zero-order valence-electron chi connectivity index (χ0n) is 11.9. The molecule has 106 valence electrons. The second-order valence-corrected chi connectivity index (χ2v) is 5.23. The molecule has 0 atom stereocenters. The van der Waals surface area contributed by atoms with Crippen LogP contribution in [0.3, 0.4) is 0 Å². The number of rotatable bonds is 4. The van der Waals surface area contributed by atoms with Gasteiger partial charge in [-0.3, -0.25) is 5.32 Å². The smallest absolute Gasteiger partial charge is 0.412 e. The molecule has 0 aliphatic heterocycles. The molecule has 0 radical (unpaired) electrons. The van der Waals surface area contributed by atoms with Crippen LogP contribution in [0.4, 0.5) is 16.2 Å². The number of hydrogen-bond acceptors (Lipinski definition) is 4. The molecule has 5 heteroatoms. The number of benzene rings is 1. The number of carbonyl (C=O) groups is 1. The van der Waals surface area contributed by atoms with E-state index in [9.17, 15) is 4.79 Å². The molecule has 1 rings (SSSR count). The third kappa shape index (κ3) is 5.50. The van der Waals surface area contributed by atoms with Crippen LogP contribution in [0.25, 0.3) is 0 Å². The van der Waals surface area contributed by atoms with Crippen molar-refractivity contribution < 1.29 is 14.3 Å². The summed E-state index contributed by atoms with van der Waals surface area (Å²) in [6, 6.07) is 5.09. The summed E-state index contributed by atoms with van der Waals surface area (Å²) in [5.74, 6) is 0.565. The molecule has 0 fully saturated rings. The molecule has 1 amide bonds. The number of ether oxygens (including phenoxy) is 2.